The molecule has 5 nitrogen and oxygen atoms in total. The van der Waals surface area contributed by atoms with E-state index in [-0.39, 0.29) is 23.4 Å². The van der Waals surface area contributed by atoms with Crippen LogP contribution in [0.1, 0.15) is 24.8 Å². The minimum absolute atomic E-state index is 0. The molecule has 1 aromatic carbocycles. The van der Waals surface area contributed by atoms with E-state index in [1.165, 1.54) is 16.4 Å². The zero-order valence-electron chi connectivity index (χ0n) is 13.2. The van der Waals surface area contributed by atoms with Crippen LogP contribution in [0.25, 0.3) is 0 Å². The summed E-state index contributed by atoms with van der Waals surface area (Å²) in [5, 5.41) is 0. The lowest BCUT2D eigenvalue weighted by Gasteiger charge is -2.31. The lowest BCUT2D eigenvalue weighted by Crippen LogP contribution is -2.41. The van der Waals surface area contributed by atoms with Crippen LogP contribution >= 0.6 is 12.4 Å². The minimum Gasteiger partial charge on any atom is -0.378 e. The van der Waals surface area contributed by atoms with Crippen molar-refractivity contribution in [2.24, 2.45) is 5.73 Å². The summed E-state index contributed by atoms with van der Waals surface area (Å²) in [6.07, 6.45) is 2.18. The second-order valence-corrected chi connectivity index (χ2v) is 7.43. The highest BCUT2D eigenvalue weighted by Gasteiger charge is 2.30. The summed E-state index contributed by atoms with van der Waals surface area (Å²) in [4.78, 5) is 0.0509. The van der Waals surface area contributed by atoms with E-state index in [0.717, 1.165) is 12.5 Å². The van der Waals surface area contributed by atoms with Crippen LogP contribution in [0.3, 0.4) is 0 Å². The van der Waals surface area contributed by atoms with Crippen molar-refractivity contribution in [3.05, 3.63) is 29.6 Å². The third kappa shape index (κ3) is 5.12. The topological polar surface area (TPSA) is 72.6 Å². The highest BCUT2D eigenvalue weighted by molar-refractivity contribution is 7.89. The fourth-order valence-electron chi connectivity index (χ4n) is 2.56. The van der Waals surface area contributed by atoms with Gasteiger partial charge in [0.25, 0.3) is 0 Å². The van der Waals surface area contributed by atoms with Gasteiger partial charge in [0.2, 0.25) is 10.0 Å². The molecule has 0 unspecified atom stereocenters. The van der Waals surface area contributed by atoms with Crippen molar-refractivity contribution in [2.45, 2.75) is 37.2 Å². The molecule has 1 aromatic rings. The molecule has 0 radical (unpaired) electrons. The van der Waals surface area contributed by atoms with Gasteiger partial charge in [0.15, 0.2) is 0 Å². The van der Waals surface area contributed by atoms with E-state index in [2.05, 4.69) is 0 Å². The Morgan fingerprint density at radius 1 is 1.35 bits per heavy atom. The number of rotatable bonds is 6. The lowest BCUT2D eigenvalue weighted by molar-refractivity contribution is 0.0209. The zero-order chi connectivity index (χ0) is 16.2. The predicted octanol–water partition coefficient (Wildman–Crippen LogP) is 2.07. The SMILES string of the molecule is Cc1ccc(F)cc1S(=O)(=O)N1CCC(OCCCN)CC1.Cl. The van der Waals surface area contributed by atoms with E-state index in [1.54, 1.807) is 6.92 Å². The Morgan fingerprint density at radius 3 is 2.61 bits per heavy atom. The number of nitrogens with two attached hydrogens (primary N) is 1. The molecule has 1 saturated heterocycles. The maximum atomic E-state index is 13.4. The van der Waals surface area contributed by atoms with Gasteiger partial charge in [0.05, 0.1) is 11.0 Å². The fraction of sp³-hybridized carbons (Fsp3) is 0.600. The molecule has 1 heterocycles. The Morgan fingerprint density at radius 2 is 2.00 bits per heavy atom. The van der Waals surface area contributed by atoms with Gasteiger partial charge in [0.1, 0.15) is 5.82 Å². The number of ether oxygens (including phenoxy) is 1. The monoisotopic (exact) mass is 366 g/mol. The van der Waals surface area contributed by atoms with Crippen LogP contribution in [-0.2, 0) is 14.8 Å². The van der Waals surface area contributed by atoms with Gasteiger partial charge in [-0.25, -0.2) is 12.8 Å². The molecule has 23 heavy (non-hydrogen) atoms. The summed E-state index contributed by atoms with van der Waals surface area (Å²) >= 11 is 0. The molecule has 0 atom stereocenters. The molecule has 0 aliphatic carbocycles. The molecule has 0 saturated carbocycles. The molecule has 2 rings (SSSR count). The van der Waals surface area contributed by atoms with Gasteiger partial charge in [-0.1, -0.05) is 6.07 Å². The summed E-state index contributed by atoms with van der Waals surface area (Å²) in [6.45, 7) is 3.66. The molecule has 2 N–H and O–H groups in total. The van der Waals surface area contributed by atoms with Crippen LogP contribution < -0.4 is 5.73 Å². The first-order valence-electron chi connectivity index (χ1n) is 7.53. The van der Waals surface area contributed by atoms with Crippen molar-refractivity contribution in [3.63, 3.8) is 0 Å². The number of halogens is 2. The molecule has 0 aromatic heterocycles. The molecular formula is C15H24ClFN2O3S. The standard InChI is InChI=1S/C15H23FN2O3S.ClH/c1-12-3-4-13(16)11-15(12)22(19,20)18-8-5-14(6-9-18)21-10-2-7-17;/h3-4,11,14H,2,5-10,17H2,1H3;1H. The number of nitrogens with zero attached hydrogens (tertiary/aromatic N) is 1. The molecule has 8 heteroatoms. The summed E-state index contributed by atoms with van der Waals surface area (Å²) < 4.78 is 45.7. The summed E-state index contributed by atoms with van der Waals surface area (Å²) in [7, 11) is -3.65. The Hall–Kier alpha value is -0.730. The van der Waals surface area contributed by atoms with Crippen molar-refractivity contribution in [3.8, 4) is 0 Å². The Labute approximate surface area is 143 Å². The van der Waals surface area contributed by atoms with Crippen molar-refractivity contribution < 1.29 is 17.5 Å². The van der Waals surface area contributed by atoms with Gasteiger partial charge in [-0.15, -0.1) is 12.4 Å². The Balaban J connectivity index is 0.00000264. The number of hydrogen-bond acceptors (Lipinski definition) is 4. The van der Waals surface area contributed by atoms with Crippen molar-refractivity contribution >= 4 is 22.4 Å². The summed E-state index contributed by atoms with van der Waals surface area (Å²) in [5.74, 6) is -0.538. The second-order valence-electron chi connectivity index (χ2n) is 5.53. The molecule has 1 fully saturated rings. The minimum atomic E-state index is -3.65. The largest absolute Gasteiger partial charge is 0.378 e. The average molecular weight is 367 g/mol. The highest BCUT2D eigenvalue weighted by Crippen LogP contribution is 2.25. The Kier molecular flexibility index (Phi) is 7.89. The lowest BCUT2D eigenvalue weighted by atomic mass is 10.1. The van der Waals surface area contributed by atoms with Crippen molar-refractivity contribution in [2.75, 3.05) is 26.2 Å². The summed E-state index contributed by atoms with van der Waals surface area (Å²) in [5.41, 5.74) is 5.97. The van der Waals surface area contributed by atoms with Gasteiger partial charge in [-0.05, 0) is 50.4 Å². The van der Waals surface area contributed by atoms with E-state index in [9.17, 15) is 12.8 Å². The van der Waals surface area contributed by atoms with Crippen molar-refractivity contribution in [1.82, 2.24) is 4.31 Å². The van der Waals surface area contributed by atoms with Gasteiger partial charge < -0.3 is 10.5 Å². The van der Waals surface area contributed by atoms with Crippen LogP contribution in [-0.4, -0.2) is 45.1 Å². The van der Waals surface area contributed by atoms with E-state index in [0.29, 0.717) is 44.6 Å². The van der Waals surface area contributed by atoms with E-state index < -0.39 is 15.8 Å². The maximum absolute atomic E-state index is 13.4. The number of sulfonamides is 1. The Bertz CT molecular complexity index is 605. The molecule has 132 valence electrons. The smallest absolute Gasteiger partial charge is 0.243 e. The summed E-state index contributed by atoms with van der Waals surface area (Å²) in [6, 6.07) is 3.85. The number of aryl methyl sites for hydroxylation is 1. The van der Waals surface area contributed by atoms with Gasteiger partial charge in [0, 0.05) is 19.7 Å². The molecule has 0 amide bonds. The predicted molar refractivity (Wildman–Crippen MR) is 89.8 cm³/mol. The van der Waals surface area contributed by atoms with Crippen molar-refractivity contribution in [1.29, 1.82) is 0 Å². The third-order valence-electron chi connectivity index (χ3n) is 3.87. The first kappa shape index (κ1) is 20.3. The number of hydrogen-bond donors (Lipinski definition) is 1. The van der Waals surface area contributed by atoms with Crippen LogP contribution in [0.5, 0.6) is 0 Å². The zero-order valence-corrected chi connectivity index (χ0v) is 14.8. The quantitative estimate of drug-likeness (QED) is 0.782. The second kappa shape index (κ2) is 8.94. The third-order valence-corrected chi connectivity index (χ3v) is 5.91. The maximum Gasteiger partial charge on any atom is 0.243 e. The highest BCUT2D eigenvalue weighted by atomic mass is 35.5. The molecule has 0 bridgehead atoms. The normalized spacial score (nSPS) is 17.0. The fourth-order valence-corrected chi connectivity index (χ4v) is 4.27. The van der Waals surface area contributed by atoms with Crippen LogP contribution in [0.2, 0.25) is 0 Å². The molecule has 0 spiro atoms. The average Bonchev–Trinajstić information content (AvgIpc) is 2.50. The first-order valence-corrected chi connectivity index (χ1v) is 8.97. The van der Waals surface area contributed by atoms with Gasteiger partial charge >= 0.3 is 0 Å². The molecule has 1 aliphatic heterocycles. The van der Waals surface area contributed by atoms with E-state index in [1.807, 2.05) is 0 Å². The molecular weight excluding hydrogens is 343 g/mol. The number of piperidine rings is 1. The van der Waals surface area contributed by atoms with Crippen LogP contribution in [0, 0.1) is 12.7 Å². The van der Waals surface area contributed by atoms with Gasteiger partial charge in [-0.3, -0.25) is 0 Å². The van der Waals surface area contributed by atoms with E-state index >= 15 is 0 Å². The molecule has 1 aliphatic rings. The van der Waals surface area contributed by atoms with Crippen LogP contribution in [0.4, 0.5) is 4.39 Å². The van der Waals surface area contributed by atoms with Crippen LogP contribution in [0.15, 0.2) is 23.1 Å². The number of benzene rings is 1. The van der Waals surface area contributed by atoms with Gasteiger partial charge in [-0.2, -0.15) is 4.31 Å². The van der Waals surface area contributed by atoms with E-state index in [4.69, 9.17) is 10.5 Å². The first-order chi connectivity index (χ1) is 10.4.